The van der Waals surface area contributed by atoms with Gasteiger partial charge in [-0.2, -0.15) is 5.10 Å². The first kappa shape index (κ1) is 17.5. The summed E-state index contributed by atoms with van der Waals surface area (Å²) in [5, 5.41) is 30.6. The van der Waals surface area contributed by atoms with Crippen LogP contribution in [0.4, 0.5) is 0 Å². The van der Waals surface area contributed by atoms with Gasteiger partial charge in [-0.05, 0) is 61.1 Å². The van der Waals surface area contributed by atoms with Crippen LogP contribution >= 0.6 is 0 Å². The van der Waals surface area contributed by atoms with Gasteiger partial charge in [0.15, 0.2) is 0 Å². The van der Waals surface area contributed by atoms with E-state index < -0.39 is 0 Å². The van der Waals surface area contributed by atoms with Crippen LogP contribution in [-0.4, -0.2) is 32.6 Å². The van der Waals surface area contributed by atoms with Crippen LogP contribution in [0.15, 0.2) is 42.5 Å². The molecule has 1 heterocycles. The minimum Gasteiger partial charge on any atom is -0.508 e. The van der Waals surface area contributed by atoms with Gasteiger partial charge in [-0.25, -0.2) is 0 Å². The zero-order valence-electron chi connectivity index (χ0n) is 15.8. The number of aromatic amines is 1. The first-order valence-corrected chi connectivity index (χ1v) is 10.1. The number of aliphatic hydroxyl groups excluding tert-OH is 1. The van der Waals surface area contributed by atoms with Gasteiger partial charge in [-0.3, -0.25) is 5.10 Å². The molecule has 1 fully saturated rings. The summed E-state index contributed by atoms with van der Waals surface area (Å²) < 4.78 is 0. The molecular formula is C23H25N3O2. The third-order valence-electron chi connectivity index (χ3n) is 6.11. The molecule has 0 saturated heterocycles. The summed E-state index contributed by atoms with van der Waals surface area (Å²) >= 11 is 0. The average Bonchev–Trinajstić information content (AvgIpc) is 3.27. The van der Waals surface area contributed by atoms with Crippen molar-refractivity contribution in [3.63, 3.8) is 0 Å². The Labute approximate surface area is 164 Å². The van der Waals surface area contributed by atoms with Crippen LogP contribution in [0.2, 0.25) is 0 Å². The number of hydrogen-bond donors (Lipinski definition) is 4. The number of phenolic OH excluding ortho intramolecular Hbond substituents is 1. The van der Waals surface area contributed by atoms with Gasteiger partial charge >= 0.3 is 0 Å². The minimum absolute atomic E-state index is 0.108. The van der Waals surface area contributed by atoms with Crippen LogP contribution in [0.25, 0.3) is 22.5 Å². The summed E-state index contributed by atoms with van der Waals surface area (Å²) in [4.78, 5) is 0. The van der Waals surface area contributed by atoms with E-state index in [0.717, 1.165) is 55.6 Å². The molecule has 0 atom stereocenters. The summed E-state index contributed by atoms with van der Waals surface area (Å²) in [6.07, 6.45) is 4.69. The van der Waals surface area contributed by atoms with Crippen LogP contribution in [0.1, 0.15) is 42.4 Å². The number of phenols is 1. The molecule has 1 aromatic heterocycles. The summed E-state index contributed by atoms with van der Waals surface area (Å²) in [5.74, 6) is 0.267. The predicted octanol–water partition coefficient (Wildman–Crippen LogP) is 3.75. The summed E-state index contributed by atoms with van der Waals surface area (Å²) in [7, 11) is 0. The third kappa shape index (κ3) is 3.21. The number of nitrogens with one attached hydrogen (secondary N) is 2. The van der Waals surface area contributed by atoms with Crippen LogP contribution in [0.3, 0.4) is 0 Å². The molecule has 28 heavy (non-hydrogen) atoms. The Morgan fingerprint density at radius 3 is 2.61 bits per heavy atom. The van der Waals surface area contributed by atoms with Gasteiger partial charge in [-0.1, -0.05) is 18.2 Å². The monoisotopic (exact) mass is 375 g/mol. The molecule has 5 rings (SSSR count). The molecule has 0 amide bonds. The highest BCUT2D eigenvalue weighted by atomic mass is 16.3. The smallest absolute Gasteiger partial charge is 0.115 e. The Balaban J connectivity index is 1.32. The largest absolute Gasteiger partial charge is 0.508 e. The maximum absolute atomic E-state index is 9.65. The summed E-state index contributed by atoms with van der Waals surface area (Å²) in [6, 6.07) is 14.4. The van der Waals surface area contributed by atoms with Gasteiger partial charge in [0.05, 0.1) is 17.5 Å². The van der Waals surface area contributed by atoms with Crippen LogP contribution < -0.4 is 5.32 Å². The lowest BCUT2D eigenvalue weighted by atomic mass is 9.93. The van der Waals surface area contributed by atoms with Crippen molar-refractivity contribution < 1.29 is 10.2 Å². The Morgan fingerprint density at radius 1 is 1.04 bits per heavy atom. The second-order valence-electron chi connectivity index (χ2n) is 8.03. The zero-order chi connectivity index (χ0) is 19.1. The van der Waals surface area contributed by atoms with E-state index in [1.54, 1.807) is 12.1 Å². The predicted molar refractivity (Wildman–Crippen MR) is 109 cm³/mol. The fourth-order valence-electron chi connectivity index (χ4n) is 4.50. The Hall–Kier alpha value is -2.63. The summed E-state index contributed by atoms with van der Waals surface area (Å²) in [5.41, 5.74) is 8.19. The molecule has 0 radical (unpaired) electrons. The molecule has 2 aromatic carbocycles. The normalized spacial score (nSPS) is 20.8. The van der Waals surface area contributed by atoms with Crippen LogP contribution in [0, 0.1) is 0 Å². The standard InChI is InChI=1S/C23H25N3O2/c27-18-6-2-15(3-7-18)22-21-12-16-11-14(1-10-20(16)23(21)26-25-22)13-24-17-4-8-19(28)9-5-17/h1-3,6-7,10-11,17,19,24,27-28H,4-5,8-9,12-13H2,(H,25,26). The van der Waals surface area contributed by atoms with E-state index in [-0.39, 0.29) is 11.9 Å². The molecule has 0 unspecified atom stereocenters. The molecular weight excluding hydrogens is 350 g/mol. The van der Waals surface area contributed by atoms with Crippen LogP contribution in [-0.2, 0) is 13.0 Å². The topological polar surface area (TPSA) is 81.2 Å². The molecule has 0 aliphatic heterocycles. The quantitative estimate of drug-likeness (QED) is 0.438. The number of nitrogens with zero attached hydrogens (tertiary/aromatic N) is 1. The number of hydrogen-bond acceptors (Lipinski definition) is 4. The van der Waals surface area contributed by atoms with E-state index in [0.29, 0.717) is 6.04 Å². The van der Waals surface area contributed by atoms with Gasteiger partial charge in [-0.15, -0.1) is 0 Å². The highest BCUT2D eigenvalue weighted by molar-refractivity contribution is 5.81. The number of aliphatic hydroxyl groups is 1. The maximum atomic E-state index is 9.65. The van der Waals surface area contributed by atoms with Crippen molar-refractivity contribution in [2.75, 3.05) is 0 Å². The zero-order valence-corrected chi connectivity index (χ0v) is 15.8. The molecule has 1 saturated carbocycles. The number of H-pyrrole nitrogens is 1. The molecule has 4 N–H and O–H groups in total. The van der Waals surface area contributed by atoms with Crippen molar-refractivity contribution in [3.05, 3.63) is 59.2 Å². The van der Waals surface area contributed by atoms with Gasteiger partial charge in [0, 0.05) is 35.7 Å². The lowest BCUT2D eigenvalue weighted by Gasteiger charge is -2.26. The molecule has 0 bridgehead atoms. The highest BCUT2D eigenvalue weighted by Crippen LogP contribution is 2.40. The van der Waals surface area contributed by atoms with E-state index in [4.69, 9.17) is 0 Å². The number of aromatic hydroxyl groups is 1. The van der Waals surface area contributed by atoms with Crippen molar-refractivity contribution in [1.82, 2.24) is 15.5 Å². The van der Waals surface area contributed by atoms with E-state index in [1.807, 2.05) is 12.1 Å². The number of aromatic nitrogens is 2. The molecule has 5 nitrogen and oxygen atoms in total. The van der Waals surface area contributed by atoms with Gasteiger partial charge < -0.3 is 15.5 Å². The highest BCUT2D eigenvalue weighted by Gasteiger charge is 2.25. The molecule has 2 aliphatic rings. The third-order valence-corrected chi connectivity index (χ3v) is 6.11. The van der Waals surface area contributed by atoms with Crippen molar-refractivity contribution in [3.8, 4) is 28.3 Å². The maximum Gasteiger partial charge on any atom is 0.115 e. The second kappa shape index (κ2) is 7.08. The summed E-state index contributed by atoms with van der Waals surface area (Å²) in [6.45, 7) is 0.866. The van der Waals surface area contributed by atoms with Gasteiger partial charge in [0.2, 0.25) is 0 Å². The molecule has 0 spiro atoms. The van der Waals surface area contributed by atoms with E-state index >= 15 is 0 Å². The SMILES string of the molecule is Oc1ccc(-c2n[nH]c3c2Cc2cc(CNC4CCC(O)CC4)ccc2-3)cc1. The fraction of sp³-hybridized carbons (Fsp3) is 0.348. The van der Waals surface area contributed by atoms with Crippen molar-refractivity contribution >= 4 is 0 Å². The van der Waals surface area contributed by atoms with Crippen LogP contribution in [0.5, 0.6) is 5.75 Å². The lowest BCUT2D eigenvalue weighted by molar-refractivity contribution is 0.116. The Bertz CT molecular complexity index is 986. The molecule has 5 heteroatoms. The molecule has 144 valence electrons. The lowest BCUT2D eigenvalue weighted by Crippen LogP contribution is -2.34. The first-order valence-electron chi connectivity index (χ1n) is 10.1. The van der Waals surface area contributed by atoms with E-state index in [1.165, 1.54) is 22.3 Å². The van der Waals surface area contributed by atoms with Crippen molar-refractivity contribution in [2.45, 2.75) is 50.8 Å². The molecule has 2 aliphatic carbocycles. The van der Waals surface area contributed by atoms with E-state index in [2.05, 4.69) is 33.7 Å². The second-order valence-corrected chi connectivity index (χ2v) is 8.03. The number of benzene rings is 2. The van der Waals surface area contributed by atoms with E-state index in [9.17, 15) is 10.2 Å². The Kier molecular flexibility index (Phi) is 4.41. The fourth-order valence-corrected chi connectivity index (χ4v) is 4.50. The van der Waals surface area contributed by atoms with Crippen molar-refractivity contribution in [2.24, 2.45) is 0 Å². The first-order chi connectivity index (χ1) is 13.7. The number of fused-ring (bicyclic) bond motifs is 3. The minimum atomic E-state index is -0.108. The molecule has 3 aromatic rings. The average molecular weight is 375 g/mol. The van der Waals surface area contributed by atoms with Gasteiger partial charge in [0.25, 0.3) is 0 Å². The van der Waals surface area contributed by atoms with Crippen molar-refractivity contribution in [1.29, 1.82) is 0 Å². The number of rotatable bonds is 4. The van der Waals surface area contributed by atoms with Gasteiger partial charge in [0.1, 0.15) is 5.75 Å². The Morgan fingerprint density at radius 2 is 1.82 bits per heavy atom.